The number of carbonyl (C=O) groups is 1. The SMILES string of the molecule is CC(C)c1cc(Br)ccc1Oc1nccc(C(=O)O)n1. The van der Waals surface area contributed by atoms with Crippen LogP contribution < -0.4 is 4.74 Å². The third-order valence-corrected chi connectivity index (χ3v) is 3.14. The number of rotatable bonds is 4. The van der Waals surface area contributed by atoms with Crippen molar-refractivity contribution in [2.75, 3.05) is 0 Å². The molecule has 1 N–H and O–H groups in total. The molecule has 0 bridgehead atoms. The molecule has 1 aromatic carbocycles. The largest absolute Gasteiger partial charge is 0.477 e. The minimum absolute atomic E-state index is 0.0223. The van der Waals surface area contributed by atoms with Gasteiger partial charge in [-0.1, -0.05) is 29.8 Å². The lowest BCUT2D eigenvalue weighted by Crippen LogP contribution is -2.03. The van der Waals surface area contributed by atoms with Crippen molar-refractivity contribution in [3.8, 4) is 11.8 Å². The number of benzene rings is 1. The Morgan fingerprint density at radius 3 is 2.75 bits per heavy atom. The average Bonchev–Trinajstić information content (AvgIpc) is 2.41. The Kier molecular flexibility index (Phi) is 4.34. The molecule has 0 unspecified atom stereocenters. The molecular formula is C14H13BrN2O3. The number of nitrogens with zero attached hydrogens (tertiary/aromatic N) is 2. The lowest BCUT2D eigenvalue weighted by Gasteiger charge is -2.13. The van der Waals surface area contributed by atoms with Gasteiger partial charge in [-0.3, -0.25) is 0 Å². The predicted molar refractivity (Wildman–Crippen MR) is 77.3 cm³/mol. The molecule has 0 atom stereocenters. The molecule has 2 rings (SSSR count). The van der Waals surface area contributed by atoms with Gasteiger partial charge in [0.05, 0.1) is 0 Å². The maximum absolute atomic E-state index is 10.9. The van der Waals surface area contributed by atoms with Crippen LogP contribution in [0.5, 0.6) is 11.8 Å². The summed E-state index contributed by atoms with van der Waals surface area (Å²) in [7, 11) is 0. The fourth-order valence-electron chi connectivity index (χ4n) is 1.67. The number of carboxylic acid groups (broad SMARTS) is 1. The molecule has 1 heterocycles. The van der Waals surface area contributed by atoms with Crippen molar-refractivity contribution in [1.82, 2.24) is 9.97 Å². The second kappa shape index (κ2) is 6.00. The predicted octanol–water partition coefficient (Wildman–Crippen LogP) is 3.85. The van der Waals surface area contributed by atoms with Gasteiger partial charge >= 0.3 is 12.0 Å². The number of hydrogen-bond acceptors (Lipinski definition) is 4. The summed E-state index contributed by atoms with van der Waals surface area (Å²) in [5, 5.41) is 8.90. The Hall–Kier alpha value is -1.95. The molecule has 0 aliphatic rings. The number of carboxylic acids is 1. The van der Waals surface area contributed by atoms with Crippen molar-refractivity contribution >= 4 is 21.9 Å². The van der Waals surface area contributed by atoms with E-state index in [9.17, 15) is 4.79 Å². The Bertz CT molecular complexity index is 644. The van der Waals surface area contributed by atoms with E-state index < -0.39 is 5.97 Å². The molecule has 0 saturated heterocycles. The fraction of sp³-hybridized carbons (Fsp3) is 0.214. The third-order valence-electron chi connectivity index (χ3n) is 2.65. The summed E-state index contributed by atoms with van der Waals surface area (Å²) in [6.07, 6.45) is 1.36. The van der Waals surface area contributed by atoms with E-state index in [1.807, 2.05) is 26.0 Å². The first-order chi connectivity index (χ1) is 9.47. The van der Waals surface area contributed by atoms with E-state index in [2.05, 4.69) is 25.9 Å². The highest BCUT2D eigenvalue weighted by Crippen LogP contribution is 2.31. The van der Waals surface area contributed by atoms with Gasteiger partial charge in [-0.05, 0) is 35.7 Å². The normalized spacial score (nSPS) is 10.6. The first kappa shape index (κ1) is 14.5. The summed E-state index contributed by atoms with van der Waals surface area (Å²) in [5.74, 6) is -0.243. The van der Waals surface area contributed by atoms with Gasteiger partial charge in [0.25, 0.3) is 0 Å². The van der Waals surface area contributed by atoms with E-state index in [4.69, 9.17) is 9.84 Å². The molecule has 0 saturated carbocycles. The van der Waals surface area contributed by atoms with E-state index in [1.165, 1.54) is 12.3 Å². The number of ether oxygens (including phenoxy) is 1. The van der Waals surface area contributed by atoms with Crippen LogP contribution in [0.4, 0.5) is 0 Å². The Labute approximate surface area is 124 Å². The number of halogens is 1. The van der Waals surface area contributed by atoms with Crippen molar-refractivity contribution in [3.05, 3.63) is 46.2 Å². The summed E-state index contributed by atoms with van der Waals surface area (Å²) in [4.78, 5) is 18.7. The van der Waals surface area contributed by atoms with Crippen molar-refractivity contribution in [2.45, 2.75) is 19.8 Å². The Morgan fingerprint density at radius 1 is 1.35 bits per heavy atom. The smallest absolute Gasteiger partial charge is 0.354 e. The minimum atomic E-state index is -1.11. The molecule has 104 valence electrons. The number of aromatic nitrogens is 2. The first-order valence-corrected chi connectivity index (χ1v) is 6.80. The second-order valence-corrected chi connectivity index (χ2v) is 5.38. The summed E-state index contributed by atoms with van der Waals surface area (Å²) in [6, 6.07) is 6.95. The molecule has 6 heteroatoms. The van der Waals surface area contributed by atoms with Crippen LogP contribution >= 0.6 is 15.9 Å². The monoisotopic (exact) mass is 336 g/mol. The highest BCUT2D eigenvalue weighted by molar-refractivity contribution is 9.10. The van der Waals surface area contributed by atoms with Gasteiger partial charge < -0.3 is 9.84 Å². The quantitative estimate of drug-likeness (QED) is 0.917. The van der Waals surface area contributed by atoms with Gasteiger partial charge in [-0.25, -0.2) is 9.78 Å². The first-order valence-electron chi connectivity index (χ1n) is 6.01. The van der Waals surface area contributed by atoms with Crippen LogP contribution in [0.15, 0.2) is 34.9 Å². The van der Waals surface area contributed by atoms with Crippen LogP contribution in [-0.2, 0) is 0 Å². The topological polar surface area (TPSA) is 72.3 Å². The lowest BCUT2D eigenvalue weighted by molar-refractivity contribution is 0.0689. The standard InChI is InChI=1S/C14H13BrN2O3/c1-8(2)10-7-9(15)3-4-12(10)20-14-16-6-5-11(17-14)13(18)19/h3-8H,1-2H3,(H,18,19). The van der Waals surface area contributed by atoms with Gasteiger partial charge in [-0.15, -0.1) is 0 Å². The van der Waals surface area contributed by atoms with Crippen molar-refractivity contribution in [1.29, 1.82) is 0 Å². The molecule has 1 aromatic heterocycles. The van der Waals surface area contributed by atoms with Gasteiger partial charge in [0.2, 0.25) is 0 Å². The summed E-state index contributed by atoms with van der Waals surface area (Å²) < 4.78 is 6.56. The van der Waals surface area contributed by atoms with Crippen molar-refractivity contribution < 1.29 is 14.6 Å². The maximum Gasteiger partial charge on any atom is 0.354 e. The molecule has 5 nitrogen and oxygen atoms in total. The Morgan fingerprint density at radius 2 is 2.10 bits per heavy atom. The van der Waals surface area contributed by atoms with Crippen LogP contribution in [0.3, 0.4) is 0 Å². The Balaban J connectivity index is 2.35. The molecule has 2 aromatic rings. The lowest BCUT2D eigenvalue weighted by atomic mass is 10.0. The zero-order valence-corrected chi connectivity index (χ0v) is 12.6. The molecular weight excluding hydrogens is 324 g/mol. The number of aromatic carboxylic acids is 1. The maximum atomic E-state index is 10.9. The molecule has 0 aliphatic carbocycles. The third kappa shape index (κ3) is 3.33. The summed E-state index contributed by atoms with van der Waals surface area (Å²) in [5.41, 5.74) is 0.891. The zero-order chi connectivity index (χ0) is 14.7. The van der Waals surface area contributed by atoms with E-state index in [-0.39, 0.29) is 17.6 Å². The van der Waals surface area contributed by atoms with Gasteiger partial charge in [0.15, 0.2) is 5.69 Å². The highest BCUT2D eigenvalue weighted by Gasteiger charge is 2.12. The molecule has 0 amide bonds. The number of hydrogen-bond donors (Lipinski definition) is 1. The van der Waals surface area contributed by atoms with E-state index in [1.54, 1.807) is 6.07 Å². The molecule has 0 fully saturated rings. The minimum Gasteiger partial charge on any atom is -0.477 e. The molecule has 20 heavy (non-hydrogen) atoms. The van der Waals surface area contributed by atoms with Gasteiger partial charge in [0.1, 0.15) is 5.75 Å². The average molecular weight is 337 g/mol. The van der Waals surface area contributed by atoms with Gasteiger partial charge in [0, 0.05) is 10.7 Å². The summed E-state index contributed by atoms with van der Waals surface area (Å²) >= 11 is 3.42. The van der Waals surface area contributed by atoms with Crippen molar-refractivity contribution in [3.63, 3.8) is 0 Å². The van der Waals surface area contributed by atoms with E-state index in [0.29, 0.717) is 5.75 Å². The van der Waals surface area contributed by atoms with E-state index in [0.717, 1.165) is 10.0 Å². The fourth-order valence-corrected chi connectivity index (χ4v) is 2.05. The van der Waals surface area contributed by atoms with Crippen LogP contribution in [0.1, 0.15) is 35.8 Å². The van der Waals surface area contributed by atoms with E-state index >= 15 is 0 Å². The molecule has 0 aliphatic heterocycles. The highest BCUT2D eigenvalue weighted by atomic mass is 79.9. The van der Waals surface area contributed by atoms with Crippen LogP contribution in [-0.4, -0.2) is 21.0 Å². The summed E-state index contributed by atoms with van der Waals surface area (Å²) in [6.45, 7) is 4.09. The molecule has 0 radical (unpaired) electrons. The van der Waals surface area contributed by atoms with Gasteiger partial charge in [-0.2, -0.15) is 4.98 Å². The van der Waals surface area contributed by atoms with Crippen LogP contribution in [0.2, 0.25) is 0 Å². The van der Waals surface area contributed by atoms with Crippen LogP contribution in [0, 0.1) is 0 Å². The zero-order valence-electron chi connectivity index (χ0n) is 11.0. The van der Waals surface area contributed by atoms with Crippen LogP contribution in [0.25, 0.3) is 0 Å². The second-order valence-electron chi connectivity index (χ2n) is 4.47. The molecule has 0 spiro atoms. The van der Waals surface area contributed by atoms with Crippen molar-refractivity contribution in [2.24, 2.45) is 0 Å².